The van der Waals surface area contributed by atoms with E-state index in [9.17, 15) is 9.59 Å². The Balaban J connectivity index is 1.92. The minimum Gasteiger partial charge on any atom is -0.273 e. The molecule has 5 nitrogen and oxygen atoms in total. The molecule has 26 heavy (non-hydrogen) atoms. The van der Waals surface area contributed by atoms with Crippen LogP contribution in [0.25, 0.3) is 0 Å². The Kier molecular flexibility index (Phi) is 6.27. The van der Waals surface area contributed by atoms with Crippen molar-refractivity contribution in [2.24, 2.45) is 5.92 Å². The Morgan fingerprint density at radius 2 is 1.77 bits per heavy atom. The minimum atomic E-state index is -0.391. The number of imide groups is 1. The molecule has 1 aromatic carbocycles. The second kappa shape index (κ2) is 8.46. The summed E-state index contributed by atoms with van der Waals surface area (Å²) in [6.45, 7) is 2.11. The third-order valence-corrected chi connectivity index (χ3v) is 5.86. The monoisotopic (exact) mass is 411 g/mol. The minimum absolute atomic E-state index is 0.307. The van der Waals surface area contributed by atoms with Crippen LogP contribution in [0.15, 0.2) is 18.2 Å². The van der Waals surface area contributed by atoms with Gasteiger partial charge in [0.1, 0.15) is 4.88 Å². The molecule has 0 saturated heterocycles. The molecule has 1 heterocycles. The lowest BCUT2D eigenvalue weighted by molar-refractivity contribution is 0.0580. The van der Waals surface area contributed by atoms with Crippen LogP contribution in [0.3, 0.4) is 0 Å². The van der Waals surface area contributed by atoms with Crippen molar-refractivity contribution in [2.45, 2.75) is 39.0 Å². The van der Waals surface area contributed by atoms with Gasteiger partial charge in [-0.1, -0.05) is 47.0 Å². The van der Waals surface area contributed by atoms with Crippen molar-refractivity contribution in [3.63, 3.8) is 0 Å². The molecule has 0 aliphatic heterocycles. The Hall–Kier alpha value is -1.50. The highest BCUT2D eigenvalue weighted by Crippen LogP contribution is 2.27. The maximum Gasteiger partial charge on any atom is 0.274 e. The van der Waals surface area contributed by atoms with Gasteiger partial charge in [0.25, 0.3) is 11.8 Å². The molecule has 2 amide bonds. The highest BCUT2D eigenvalue weighted by atomic mass is 35.5. The molecule has 0 atom stereocenters. The van der Waals surface area contributed by atoms with E-state index in [0.717, 1.165) is 37.2 Å². The van der Waals surface area contributed by atoms with Crippen LogP contribution < -0.4 is 0 Å². The molecule has 0 spiro atoms. The summed E-state index contributed by atoms with van der Waals surface area (Å²) in [6.07, 6.45) is 5.51. The van der Waals surface area contributed by atoms with Crippen LogP contribution in [0.1, 0.15) is 57.8 Å². The first kappa shape index (κ1) is 19.3. The summed E-state index contributed by atoms with van der Waals surface area (Å²) in [6, 6.07) is 4.63. The third kappa shape index (κ3) is 4.42. The van der Waals surface area contributed by atoms with Gasteiger partial charge in [-0.3, -0.25) is 14.5 Å². The van der Waals surface area contributed by atoms with Gasteiger partial charge in [-0.25, -0.2) is 0 Å². The first-order valence-electron chi connectivity index (χ1n) is 8.57. The van der Waals surface area contributed by atoms with Gasteiger partial charge in [0.15, 0.2) is 0 Å². The number of aromatic nitrogens is 2. The second-order valence-corrected chi connectivity index (χ2v) is 8.20. The molecule has 0 bridgehead atoms. The molecule has 1 aliphatic rings. The molecule has 1 saturated carbocycles. The lowest BCUT2D eigenvalue weighted by Gasteiger charge is -2.28. The van der Waals surface area contributed by atoms with E-state index in [1.165, 1.54) is 23.5 Å². The number of carbonyl (C=O) groups excluding carboxylic acids is 2. The normalized spacial score (nSPS) is 15.0. The highest BCUT2D eigenvalue weighted by molar-refractivity contribution is 7.08. The summed E-state index contributed by atoms with van der Waals surface area (Å²) in [5.74, 6) is -0.436. The van der Waals surface area contributed by atoms with Gasteiger partial charge >= 0.3 is 0 Å². The van der Waals surface area contributed by atoms with Crippen LogP contribution in [-0.2, 0) is 0 Å². The average Bonchev–Trinajstić information content (AvgIpc) is 3.04. The lowest BCUT2D eigenvalue weighted by Crippen LogP contribution is -2.40. The fraction of sp³-hybridized carbons (Fsp3) is 0.444. The second-order valence-electron chi connectivity index (χ2n) is 6.57. The van der Waals surface area contributed by atoms with Crippen LogP contribution in [-0.4, -0.2) is 32.8 Å². The number of hydrogen-bond acceptors (Lipinski definition) is 5. The van der Waals surface area contributed by atoms with Crippen LogP contribution in [0.5, 0.6) is 0 Å². The number of nitrogens with zero attached hydrogens (tertiary/aromatic N) is 3. The fourth-order valence-corrected chi connectivity index (χ4v) is 4.40. The summed E-state index contributed by atoms with van der Waals surface area (Å²) in [4.78, 5) is 27.9. The van der Waals surface area contributed by atoms with Gasteiger partial charge in [0.2, 0.25) is 0 Å². The van der Waals surface area contributed by atoms with Crippen molar-refractivity contribution >= 4 is 46.5 Å². The molecule has 8 heteroatoms. The zero-order valence-electron chi connectivity index (χ0n) is 14.4. The van der Waals surface area contributed by atoms with Gasteiger partial charge < -0.3 is 0 Å². The summed E-state index contributed by atoms with van der Waals surface area (Å²) in [5.41, 5.74) is 0.840. The van der Waals surface area contributed by atoms with Crippen molar-refractivity contribution in [2.75, 3.05) is 6.54 Å². The molecule has 2 aromatic rings. The molecular weight excluding hydrogens is 393 g/mol. The number of halogens is 2. The largest absolute Gasteiger partial charge is 0.274 e. The van der Waals surface area contributed by atoms with Gasteiger partial charge in [-0.15, -0.1) is 5.10 Å². The molecule has 1 fully saturated rings. The molecule has 3 rings (SSSR count). The molecular formula is C18H19Cl2N3O2S. The predicted octanol–water partition coefficient (Wildman–Crippen LogP) is 5.02. The summed E-state index contributed by atoms with van der Waals surface area (Å²) >= 11 is 13.1. The van der Waals surface area contributed by atoms with E-state index in [2.05, 4.69) is 9.59 Å². The number of benzene rings is 1. The maximum atomic E-state index is 13.1. The number of carbonyl (C=O) groups is 2. The highest BCUT2D eigenvalue weighted by Gasteiger charge is 2.30. The van der Waals surface area contributed by atoms with Crippen molar-refractivity contribution in [1.29, 1.82) is 0 Å². The molecule has 0 unspecified atom stereocenters. The number of amides is 2. The first-order chi connectivity index (χ1) is 12.5. The third-order valence-electron chi connectivity index (χ3n) is 4.61. The van der Waals surface area contributed by atoms with Crippen LogP contribution >= 0.6 is 34.7 Å². The quantitative estimate of drug-likeness (QED) is 0.662. The van der Waals surface area contributed by atoms with Gasteiger partial charge in [0, 0.05) is 22.2 Å². The van der Waals surface area contributed by atoms with Crippen LogP contribution in [0.2, 0.25) is 10.0 Å². The van der Waals surface area contributed by atoms with Gasteiger partial charge in [-0.05, 0) is 55.4 Å². The van der Waals surface area contributed by atoms with E-state index in [1.807, 2.05) is 0 Å². The SMILES string of the molecule is Cc1nnsc1C(=O)N(CC1CCCCC1)C(=O)c1cc(Cl)cc(Cl)c1. The molecule has 138 valence electrons. The summed E-state index contributed by atoms with van der Waals surface area (Å²) in [7, 11) is 0. The predicted molar refractivity (Wildman–Crippen MR) is 103 cm³/mol. The smallest absolute Gasteiger partial charge is 0.273 e. The van der Waals surface area contributed by atoms with Gasteiger partial charge in [0.05, 0.1) is 5.69 Å². The van der Waals surface area contributed by atoms with E-state index in [4.69, 9.17) is 23.2 Å². The van der Waals surface area contributed by atoms with Crippen molar-refractivity contribution in [3.05, 3.63) is 44.4 Å². The van der Waals surface area contributed by atoms with E-state index in [1.54, 1.807) is 13.0 Å². The van der Waals surface area contributed by atoms with Crippen LogP contribution in [0.4, 0.5) is 0 Å². The van der Waals surface area contributed by atoms with E-state index >= 15 is 0 Å². The number of aryl methyl sites for hydroxylation is 1. The molecule has 0 radical (unpaired) electrons. The van der Waals surface area contributed by atoms with Crippen molar-refractivity contribution < 1.29 is 9.59 Å². The number of hydrogen-bond donors (Lipinski definition) is 0. The fourth-order valence-electron chi connectivity index (χ4n) is 3.27. The lowest BCUT2D eigenvalue weighted by atomic mass is 9.88. The molecule has 0 N–H and O–H groups in total. The Morgan fingerprint density at radius 1 is 1.12 bits per heavy atom. The van der Waals surface area contributed by atoms with Gasteiger partial charge in [-0.2, -0.15) is 0 Å². The maximum absolute atomic E-state index is 13.1. The van der Waals surface area contributed by atoms with Crippen molar-refractivity contribution in [1.82, 2.24) is 14.5 Å². The standard InChI is InChI=1S/C18H19Cl2N3O2S/c1-11-16(26-22-21-11)18(25)23(10-12-5-3-2-4-6-12)17(24)13-7-14(19)9-15(20)8-13/h7-9,12H,2-6,10H2,1H3. The zero-order chi connectivity index (χ0) is 18.7. The van der Waals surface area contributed by atoms with Crippen LogP contribution in [0, 0.1) is 12.8 Å². The van der Waals surface area contributed by atoms with Crippen molar-refractivity contribution in [3.8, 4) is 0 Å². The topological polar surface area (TPSA) is 63.2 Å². The molecule has 1 aromatic heterocycles. The average molecular weight is 412 g/mol. The Bertz CT molecular complexity index is 798. The Morgan fingerprint density at radius 3 is 2.35 bits per heavy atom. The van der Waals surface area contributed by atoms with E-state index in [0.29, 0.717) is 38.6 Å². The van der Waals surface area contributed by atoms with E-state index in [-0.39, 0.29) is 5.91 Å². The van der Waals surface area contributed by atoms with E-state index < -0.39 is 5.91 Å². The summed E-state index contributed by atoms with van der Waals surface area (Å²) in [5, 5.41) is 4.62. The molecule has 1 aliphatic carbocycles. The summed E-state index contributed by atoms with van der Waals surface area (Å²) < 4.78 is 3.82. The first-order valence-corrected chi connectivity index (χ1v) is 10.1. The zero-order valence-corrected chi connectivity index (χ0v) is 16.7. The Labute approximate surface area is 166 Å². The number of rotatable bonds is 4.